The van der Waals surface area contributed by atoms with Gasteiger partial charge in [0.1, 0.15) is 0 Å². The number of hydrogen-bond acceptors (Lipinski definition) is 3. The van der Waals surface area contributed by atoms with Crippen molar-refractivity contribution >= 4 is 63.3 Å². The van der Waals surface area contributed by atoms with Crippen LogP contribution in [-0.4, -0.2) is 12.3 Å². The first-order valence-electron chi connectivity index (χ1n) is 17.4. The van der Waals surface area contributed by atoms with E-state index in [-0.39, 0.29) is 17.7 Å². The standard InChI is InChI=1S/C44H37BN2S/c1-43-26-9-10-27-44(43,2)47-38-22-13-23-40-41(38)45(36-21-12-20-35(43)42(36)47)37-29-31(24-25-39(37)48-40)30-14-11-19-34(28-30)46(32-15-5-3-6-16-32)33-17-7-4-8-18-33/h3-8,11-25,28-29H,9-10,26-27H2,1-2H3. The molecule has 0 bridgehead atoms. The van der Waals surface area contributed by atoms with Crippen molar-refractivity contribution in [2.45, 2.75) is 60.3 Å². The normalized spacial score (nSPS) is 21.2. The van der Waals surface area contributed by atoms with Crippen molar-refractivity contribution < 1.29 is 0 Å². The Kier molecular flexibility index (Phi) is 6.15. The molecule has 2 atom stereocenters. The van der Waals surface area contributed by atoms with E-state index in [0.29, 0.717) is 0 Å². The predicted molar refractivity (Wildman–Crippen MR) is 205 cm³/mol. The van der Waals surface area contributed by atoms with Crippen molar-refractivity contribution in [3.8, 4) is 11.1 Å². The molecule has 6 aromatic rings. The van der Waals surface area contributed by atoms with Crippen LogP contribution in [0, 0.1) is 0 Å². The Morgan fingerprint density at radius 1 is 0.604 bits per heavy atom. The second kappa shape index (κ2) is 10.4. The third-order valence-electron chi connectivity index (χ3n) is 12.0. The number of fused-ring (bicyclic) bond motifs is 7. The van der Waals surface area contributed by atoms with Crippen molar-refractivity contribution in [1.29, 1.82) is 0 Å². The molecule has 48 heavy (non-hydrogen) atoms. The Hall–Kier alpha value is -4.67. The third-order valence-corrected chi connectivity index (χ3v) is 13.2. The molecule has 232 valence electrons. The maximum Gasteiger partial charge on any atom is 0.249 e. The van der Waals surface area contributed by atoms with Crippen LogP contribution in [0.15, 0.2) is 149 Å². The SMILES string of the molecule is CC12CCCCC1(C)N1c3cccc4c3B(c3cc(-c5cccc(N(c6ccccc6)c6ccccc6)c5)ccc3S4)c3cccc2c31. The van der Waals surface area contributed by atoms with Gasteiger partial charge in [0.05, 0.1) is 5.54 Å². The van der Waals surface area contributed by atoms with Crippen molar-refractivity contribution in [1.82, 2.24) is 0 Å². The fraction of sp³-hybridized carbons (Fsp3) is 0.182. The highest BCUT2D eigenvalue weighted by atomic mass is 32.2. The van der Waals surface area contributed by atoms with E-state index >= 15 is 0 Å². The Morgan fingerprint density at radius 3 is 2.08 bits per heavy atom. The fourth-order valence-corrected chi connectivity index (χ4v) is 10.7. The van der Waals surface area contributed by atoms with E-state index in [9.17, 15) is 0 Å². The Balaban J connectivity index is 1.13. The zero-order valence-electron chi connectivity index (χ0n) is 27.5. The van der Waals surface area contributed by atoms with Gasteiger partial charge in [-0.3, -0.25) is 0 Å². The number of benzene rings is 6. The predicted octanol–water partition coefficient (Wildman–Crippen LogP) is 9.86. The minimum absolute atomic E-state index is 0.0837. The average Bonchev–Trinajstić information content (AvgIpc) is 3.35. The molecule has 4 heteroatoms. The molecule has 0 spiro atoms. The van der Waals surface area contributed by atoms with E-state index < -0.39 is 0 Å². The molecule has 0 amide bonds. The largest absolute Gasteiger partial charge is 0.335 e. The van der Waals surface area contributed by atoms with Gasteiger partial charge in [-0.1, -0.05) is 122 Å². The minimum Gasteiger partial charge on any atom is -0.335 e. The average molecular weight is 637 g/mol. The van der Waals surface area contributed by atoms with Crippen LogP contribution in [-0.2, 0) is 5.41 Å². The molecular weight excluding hydrogens is 599 g/mol. The van der Waals surface area contributed by atoms with Gasteiger partial charge >= 0.3 is 0 Å². The molecule has 3 aliphatic heterocycles. The van der Waals surface area contributed by atoms with Gasteiger partial charge in [-0.25, -0.2) is 0 Å². The van der Waals surface area contributed by atoms with Gasteiger partial charge in [0, 0.05) is 43.6 Å². The topological polar surface area (TPSA) is 6.48 Å². The first kappa shape index (κ1) is 28.4. The zero-order chi connectivity index (χ0) is 32.0. The smallest absolute Gasteiger partial charge is 0.249 e. The van der Waals surface area contributed by atoms with Crippen LogP contribution in [0.25, 0.3) is 11.1 Å². The van der Waals surface area contributed by atoms with Gasteiger partial charge < -0.3 is 9.80 Å². The summed E-state index contributed by atoms with van der Waals surface area (Å²) in [6.07, 6.45) is 5.10. The van der Waals surface area contributed by atoms with Crippen LogP contribution in [0.5, 0.6) is 0 Å². The quantitative estimate of drug-likeness (QED) is 0.178. The van der Waals surface area contributed by atoms with E-state index in [1.54, 1.807) is 5.56 Å². The number of rotatable bonds is 4. The lowest BCUT2D eigenvalue weighted by atomic mass is 9.34. The van der Waals surface area contributed by atoms with Crippen LogP contribution in [0.4, 0.5) is 28.4 Å². The Morgan fingerprint density at radius 2 is 1.29 bits per heavy atom. The molecule has 3 heterocycles. The Bertz CT molecular complexity index is 2190. The first-order chi connectivity index (χ1) is 23.5. The summed E-state index contributed by atoms with van der Waals surface area (Å²) >= 11 is 1.95. The molecule has 6 aromatic carbocycles. The summed E-state index contributed by atoms with van der Waals surface area (Å²) in [5, 5.41) is 0. The maximum atomic E-state index is 2.80. The highest BCUT2D eigenvalue weighted by Crippen LogP contribution is 2.61. The van der Waals surface area contributed by atoms with Crippen LogP contribution in [0.2, 0.25) is 0 Å². The second-order valence-corrected chi connectivity index (χ2v) is 15.5. The molecule has 1 fully saturated rings. The highest BCUT2D eigenvalue weighted by molar-refractivity contribution is 8.00. The summed E-state index contributed by atoms with van der Waals surface area (Å²) in [5.74, 6) is 0. The molecule has 0 radical (unpaired) electrons. The minimum atomic E-state index is 0.0837. The number of anilines is 5. The molecule has 10 rings (SSSR count). The molecular formula is C44H37BN2S. The lowest BCUT2D eigenvalue weighted by Gasteiger charge is -2.52. The maximum absolute atomic E-state index is 2.80. The van der Waals surface area contributed by atoms with Crippen LogP contribution >= 0.6 is 11.8 Å². The number of hydrogen-bond donors (Lipinski definition) is 0. The van der Waals surface area contributed by atoms with Crippen LogP contribution in [0.1, 0.15) is 45.1 Å². The Labute approximate surface area is 288 Å². The molecule has 1 aliphatic carbocycles. The summed E-state index contributed by atoms with van der Waals surface area (Å²) < 4.78 is 0. The monoisotopic (exact) mass is 636 g/mol. The van der Waals surface area contributed by atoms with E-state index in [0.717, 1.165) is 17.1 Å². The van der Waals surface area contributed by atoms with Gasteiger partial charge in [0.15, 0.2) is 0 Å². The summed E-state index contributed by atoms with van der Waals surface area (Å²) in [5.41, 5.74) is 15.1. The van der Waals surface area contributed by atoms with Crippen molar-refractivity contribution in [2.75, 3.05) is 9.80 Å². The molecule has 2 nitrogen and oxygen atoms in total. The molecule has 1 saturated carbocycles. The lowest BCUT2D eigenvalue weighted by molar-refractivity contribution is 0.195. The molecule has 2 unspecified atom stereocenters. The molecule has 0 N–H and O–H groups in total. The van der Waals surface area contributed by atoms with Crippen LogP contribution in [0.3, 0.4) is 0 Å². The first-order valence-corrected chi connectivity index (χ1v) is 18.3. The lowest BCUT2D eigenvalue weighted by Crippen LogP contribution is -2.63. The van der Waals surface area contributed by atoms with Crippen molar-refractivity contribution in [3.05, 3.63) is 145 Å². The van der Waals surface area contributed by atoms with Crippen LogP contribution < -0.4 is 26.2 Å². The zero-order valence-corrected chi connectivity index (χ0v) is 28.3. The molecule has 0 saturated heterocycles. The van der Waals surface area contributed by atoms with E-state index in [1.165, 1.54) is 74.4 Å². The third kappa shape index (κ3) is 3.84. The number of para-hydroxylation sites is 3. The van der Waals surface area contributed by atoms with Gasteiger partial charge in [0.2, 0.25) is 6.71 Å². The number of nitrogens with zero attached hydrogens (tertiary/aromatic N) is 2. The summed E-state index contributed by atoms with van der Waals surface area (Å²) in [6.45, 7) is 5.33. The fourth-order valence-electron chi connectivity index (χ4n) is 9.57. The highest BCUT2D eigenvalue weighted by Gasteiger charge is 2.60. The van der Waals surface area contributed by atoms with E-state index in [1.807, 2.05) is 11.8 Å². The van der Waals surface area contributed by atoms with E-state index in [2.05, 4.69) is 163 Å². The summed E-state index contributed by atoms with van der Waals surface area (Å²) in [6, 6.07) is 51.9. The second-order valence-electron chi connectivity index (χ2n) is 14.4. The summed E-state index contributed by atoms with van der Waals surface area (Å²) in [4.78, 5) is 7.93. The molecule has 0 aromatic heterocycles. The van der Waals surface area contributed by atoms with Gasteiger partial charge in [-0.05, 0) is 102 Å². The van der Waals surface area contributed by atoms with Gasteiger partial charge in [-0.15, -0.1) is 0 Å². The van der Waals surface area contributed by atoms with Crippen molar-refractivity contribution in [3.63, 3.8) is 0 Å². The van der Waals surface area contributed by atoms with Gasteiger partial charge in [0.25, 0.3) is 0 Å². The summed E-state index contributed by atoms with van der Waals surface area (Å²) in [7, 11) is 0. The van der Waals surface area contributed by atoms with E-state index in [4.69, 9.17) is 0 Å². The van der Waals surface area contributed by atoms with Crippen molar-refractivity contribution in [2.24, 2.45) is 0 Å². The van der Waals surface area contributed by atoms with Gasteiger partial charge in [-0.2, -0.15) is 0 Å². The molecule has 4 aliphatic rings.